The van der Waals surface area contributed by atoms with Gasteiger partial charge in [-0.15, -0.1) is 6.58 Å². The first kappa shape index (κ1) is 13.5. The van der Waals surface area contributed by atoms with Crippen LogP contribution in [0.2, 0.25) is 0 Å². The second-order valence-corrected chi connectivity index (χ2v) is 4.45. The molecule has 0 spiro atoms. The predicted molar refractivity (Wildman–Crippen MR) is 57.4 cm³/mol. The van der Waals surface area contributed by atoms with E-state index in [4.69, 9.17) is 5.84 Å². The molecule has 1 fully saturated rings. The molecule has 1 atom stereocenters. The fourth-order valence-corrected chi connectivity index (χ4v) is 2.43. The van der Waals surface area contributed by atoms with Crippen LogP contribution in [0.1, 0.15) is 32.1 Å². The first-order valence-corrected chi connectivity index (χ1v) is 5.62. The lowest BCUT2D eigenvalue weighted by molar-refractivity contribution is -0.184. The van der Waals surface area contributed by atoms with E-state index >= 15 is 0 Å². The Kier molecular flexibility index (Phi) is 4.80. The molecule has 3 N–H and O–H groups in total. The molecule has 0 saturated heterocycles. The van der Waals surface area contributed by atoms with E-state index in [0.29, 0.717) is 19.3 Å². The van der Waals surface area contributed by atoms with Gasteiger partial charge in [0.2, 0.25) is 0 Å². The summed E-state index contributed by atoms with van der Waals surface area (Å²) in [5, 5.41) is 0. The van der Waals surface area contributed by atoms with Crippen molar-refractivity contribution in [2.24, 2.45) is 17.7 Å². The van der Waals surface area contributed by atoms with E-state index in [1.165, 1.54) is 0 Å². The lowest BCUT2D eigenvalue weighted by atomic mass is 9.77. The molecule has 0 aliphatic heterocycles. The molecule has 5 heteroatoms. The van der Waals surface area contributed by atoms with Crippen molar-refractivity contribution < 1.29 is 13.2 Å². The van der Waals surface area contributed by atoms with E-state index in [1.54, 1.807) is 6.08 Å². The minimum atomic E-state index is -4.03. The van der Waals surface area contributed by atoms with E-state index in [1.807, 2.05) is 0 Å². The zero-order chi connectivity index (χ0) is 12.2. The zero-order valence-electron chi connectivity index (χ0n) is 9.26. The molecule has 94 valence electrons. The van der Waals surface area contributed by atoms with E-state index < -0.39 is 12.1 Å². The molecule has 1 rings (SSSR count). The van der Waals surface area contributed by atoms with Gasteiger partial charge in [-0.3, -0.25) is 11.3 Å². The van der Waals surface area contributed by atoms with Gasteiger partial charge < -0.3 is 0 Å². The SMILES string of the molecule is C=CCC(NN)C1CCC(C(F)(F)F)CC1. The molecule has 16 heavy (non-hydrogen) atoms. The van der Waals surface area contributed by atoms with Crippen molar-refractivity contribution in [3.63, 3.8) is 0 Å². The minimum absolute atomic E-state index is 0.0617. The molecular formula is C11H19F3N2. The fraction of sp³-hybridized carbons (Fsp3) is 0.818. The Labute approximate surface area is 94.0 Å². The highest BCUT2D eigenvalue weighted by atomic mass is 19.4. The monoisotopic (exact) mass is 236 g/mol. The van der Waals surface area contributed by atoms with Crippen molar-refractivity contribution in [3.05, 3.63) is 12.7 Å². The molecular weight excluding hydrogens is 217 g/mol. The number of halogens is 3. The average molecular weight is 236 g/mol. The summed E-state index contributed by atoms with van der Waals surface area (Å²) >= 11 is 0. The van der Waals surface area contributed by atoms with Gasteiger partial charge in [-0.05, 0) is 38.0 Å². The Balaban J connectivity index is 2.44. The molecule has 0 amide bonds. The van der Waals surface area contributed by atoms with Crippen molar-refractivity contribution in [1.82, 2.24) is 5.43 Å². The number of alkyl halides is 3. The Hall–Kier alpha value is -0.550. The Morgan fingerprint density at radius 1 is 1.31 bits per heavy atom. The van der Waals surface area contributed by atoms with Gasteiger partial charge in [-0.1, -0.05) is 6.08 Å². The lowest BCUT2D eigenvalue weighted by Gasteiger charge is -2.33. The van der Waals surface area contributed by atoms with Gasteiger partial charge in [0.1, 0.15) is 0 Å². The molecule has 0 aromatic rings. The third-order valence-corrected chi connectivity index (χ3v) is 3.44. The van der Waals surface area contributed by atoms with Gasteiger partial charge in [-0.25, -0.2) is 0 Å². The second kappa shape index (κ2) is 5.68. The van der Waals surface area contributed by atoms with Crippen LogP contribution in [-0.2, 0) is 0 Å². The molecule has 1 saturated carbocycles. The van der Waals surface area contributed by atoms with Gasteiger partial charge in [0, 0.05) is 6.04 Å². The number of hydrogen-bond donors (Lipinski definition) is 2. The molecule has 0 radical (unpaired) electrons. The number of rotatable bonds is 4. The highest BCUT2D eigenvalue weighted by molar-refractivity contribution is 4.86. The van der Waals surface area contributed by atoms with Crippen LogP contribution in [0.25, 0.3) is 0 Å². The van der Waals surface area contributed by atoms with E-state index in [-0.39, 0.29) is 24.8 Å². The van der Waals surface area contributed by atoms with E-state index in [9.17, 15) is 13.2 Å². The number of hydrogen-bond acceptors (Lipinski definition) is 2. The summed E-state index contributed by atoms with van der Waals surface area (Å²) in [5.74, 6) is 4.51. The van der Waals surface area contributed by atoms with Crippen LogP contribution < -0.4 is 11.3 Å². The zero-order valence-corrected chi connectivity index (χ0v) is 9.26. The van der Waals surface area contributed by atoms with Gasteiger partial charge in [0.15, 0.2) is 0 Å². The molecule has 1 aliphatic rings. The highest BCUT2D eigenvalue weighted by Crippen LogP contribution is 2.40. The summed E-state index contributed by atoms with van der Waals surface area (Å²) in [6.45, 7) is 3.62. The summed E-state index contributed by atoms with van der Waals surface area (Å²) < 4.78 is 37.3. The Bertz CT molecular complexity index is 220. The average Bonchev–Trinajstić information content (AvgIpc) is 2.25. The fourth-order valence-electron chi connectivity index (χ4n) is 2.43. The largest absolute Gasteiger partial charge is 0.391 e. The number of nitrogens with one attached hydrogen (secondary N) is 1. The lowest BCUT2D eigenvalue weighted by Crippen LogP contribution is -2.42. The maximum Gasteiger partial charge on any atom is 0.391 e. The summed E-state index contributed by atoms with van der Waals surface area (Å²) in [5.41, 5.74) is 2.67. The Morgan fingerprint density at radius 3 is 2.25 bits per heavy atom. The molecule has 0 heterocycles. The Morgan fingerprint density at radius 2 is 1.88 bits per heavy atom. The van der Waals surface area contributed by atoms with Gasteiger partial charge in [0.05, 0.1) is 5.92 Å². The first-order chi connectivity index (χ1) is 7.49. The molecule has 0 bridgehead atoms. The van der Waals surface area contributed by atoms with Crippen molar-refractivity contribution in [2.45, 2.75) is 44.3 Å². The van der Waals surface area contributed by atoms with Crippen molar-refractivity contribution in [3.8, 4) is 0 Å². The molecule has 2 nitrogen and oxygen atoms in total. The quantitative estimate of drug-likeness (QED) is 0.447. The minimum Gasteiger partial charge on any atom is -0.271 e. The topological polar surface area (TPSA) is 38.0 Å². The molecule has 0 aromatic carbocycles. The van der Waals surface area contributed by atoms with Crippen LogP contribution >= 0.6 is 0 Å². The second-order valence-electron chi connectivity index (χ2n) is 4.45. The number of hydrazine groups is 1. The summed E-state index contributed by atoms with van der Waals surface area (Å²) in [4.78, 5) is 0. The first-order valence-electron chi connectivity index (χ1n) is 5.62. The third-order valence-electron chi connectivity index (χ3n) is 3.44. The van der Waals surface area contributed by atoms with Crippen molar-refractivity contribution in [1.29, 1.82) is 0 Å². The smallest absolute Gasteiger partial charge is 0.271 e. The van der Waals surface area contributed by atoms with Crippen molar-refractivity contribution >= 4 is 0 Å². The summed E-state index contributed by atoms with van der Waals surface area (Å²) in [6, 6.07) is 0.0617. The number of nitrogens with two attached hydrogens (primary N) is 1. The van der Waals surface area contributed by atoms with Crippen LogP contribution in [0.4, 0.5) is 13.2 Å². The standard InChI is InChI=1S/C11H19F3N2/c1-2-3-10(16-15)8-4-6-9(7-5-8)11(12,13)14/h2,8-10,16H,1,3-7,15H2. The van der Waals surface area contributed by atoms with Crippen LogP contribution in [0, 0.1) is 11.8 Å². The maximum absolute atomic E-state index is 12.4. The van der Waals surface area contributed by atoms with Gasteiger partial charge in [0.25, 0.3) is 0 Å². The van der Waals surface area contributed by atoms with Crippen LogP contribution in [0.5, 0.6) is 0 Å². The summed E-state index contributed by atoms with van der Waals surface area (Å²) in [6.07, 6.45) is 0.0556. The van der Waals surface area contributed by atoms with Crippen LogP contribution in [0.3, 0.4) is 0 Å². The van der Waals surface area contributed by atoms with Crippen LogP contribution in [0.15, 0.2) is 12.7 Å². The van der Waals surface area contributed by atoms with Gasteiger partial charge >= 0.3 is 6.18 Å². The van der Waals surface area contributed by atoms with Crippen LogP contribution in [-0.4, -0.2) is 12.2 Å². The van der Waals surface area contributed by atoms with E-state index in [2.05, 4.69) is 12.0 Å². The highest BCUT2D eigenvalue weighted by Gasteiger charge is 2.42. The van der Waals surface area contributed by atoms with E-state index in [0.717, 1.165) is 0 Å². The summed E-state index contributed by atoms with van der Waals surface area (Å²) in [7, 11) is 0. The van der Waals surface area contributed by atoms with Gasteiger partial charge in [-0.2, -0.15) is 13.2 Å². The predicted octanol–water partition coefficient (Wildman–Crippen LogP) is 2.76. The maximum atomic E-state index is 12.4. The molecule has 1 aliphatic carbocycles. The normalized spacial score (nSPS) is 28.8. The molecule has 0 aromatic heterocycles. The third kappa shape index (κ3) is 3.49. The molecule has 1 unspecified atom stereocenters. The van der Waals surface area contributed by atoms with Crippen molar-refractivity contribution in [2.75, 3.05) is 0 Å².